The Morgan fingerprint density at radius 2 is 2.00 bits per heavy atom. The second kappa shape index (κ2) is 6.58. The molecule has 1 aliphatic heterocycles. The maximum Gasteiger partial charge on any atom is 0.127 e. The number of nitrogens with zero attached hydrogens (tertiary/aromatic N) is 2. The summed E-state index contributed by atoms with van der Waals surface area (Å²) in [4.78, 5) is 7.00. The number of nitrogens with one attached hydrogen (secondary N) is 1. The molecule has 110 valence electrons. The first-order chi connectivity index (χ1) is 10.2. The van der Waals surface area contributed by atoms with Crippen LogP contribution in [0.1, 0.15) is 18.9 Å². The van der Waals surface area contributed by atoms with Crippen molar-refractivity contribution in [1.82, 2.24) is 9.88 Å². The van der Waals surface area contributed by atoms with Crippen LogP contribution in [0.15, 0.2) is 53.1 Å². The molecule has 1 N–H and O–H groups in total. The standard InChI is InChI=1S/C17H20BrN3/c1-13-15(19-17-9-5-8-16(18)20-17)10-11-21(13)12-14-6-3-2-4-7-14/h2-9,13,15H,10-12H2,1H3,(H,19,20). The van der Waals surface area contributed by atoms with E-state index in [1.54, 1.807) is 0 Å². The lowest BCUT2D eigenvalue weighted by molar-refractivity contribution is 0.255. The lowest BCUT2D eigenvalue weighted by Crippen LogP contribution is -2.35. The van der Waals surface area contributed by atoms with Crippen LogP contribution >= 0.6 is 15.9 Å². The number of hydrogen-bond acceptors (Lipinski definition) is 3. The first kappa shape index (κ1) is 14.5. The van der Waals surface area contributed by atoms with Gasteiger partial charge < -0.3 is 5.32 Å². The third-order valence-corrected chi connectivity index (χ3v) is 4.60. The molecule has 1 saturated heterocycles. The van der Waals surface area contributed by atoms with E-state index in [0.29, 0.717) is 12.1 Å². The molecule has 3 rings (SSSR count). The van der Waals surface area contributed by atoms with E-state index in [1.807, 2.05) is 18.2 Å². The number of rotatable bonds is 4. The summed E-state index contributed by atoms with van der Waals surface area (Å²) in [5.74, 6) is 0.947. The fraction of sp³-hybridized carbons (Fsp3) is 0.353. The number of halogens is 1. The van der Waals surface area contributed by atoms with Crippen molar-refractivity contribution in [3.05, 3.63) is 58.7 Å². The molecule has 1 aliphatic rings. The van der Waals surface area contributed by atoms with Gasteiger partial charge in [0.15, 0.2) is 0 Å². The van der Waals surface area contributed by atoms with Gasteiger partial charge in [0.25, 0.3) is 0 Å². The van der Waals surface area contributed by atoms with E-state index < -0.39 is 0 Å². The Morgan fingerprint density at radius 1 is 1.19 bits per heavy atom. The molecule has 1 fully saturated rings. The third-order valence-electron chi connectivity index (χ3n) is 4.16. The van der Waals surface area contributed by atoms with Crippen LogP contribution in [0.4, 0.5) is 5.82 Å². The van der Waals surface area contributed by atoms with Crippen LogP contribution in [-0.4, -0.2) is 28.5 Å². The van der Waals surface area contributed by atoms with Crippen molar-refractivity contribution in [2.24, 2.45) is 0 Å². The van der Waals surface area contributed by atoms with Crippen LogP contribution < -0.4 is 5.32 Å². The van der Waals surface area contributed by atoms with Crippen LogP contribution in [-0.2, 0) is 6.54 Å². The fourth-order valence-corrected chi connectivity index (χ4v) is 3.26. The van der Waals surface area contributed by atoms with Gasteiger partial charge in [-0.15, -0.1) is 0 Å². The highest BCUT2D eigenvalue weighted by Gasteiger charge is 2.30. The SMILES string of the molecule is CC1C(Nc2cccc(Br)n2)CCN1Cc1ccccc1. The summed E-state index contributed by atoms with van der Waals surface area (Å²) >= 11 is 3.42. The maximum absolute atomic E-state index is 4.47. The predicted octanol–water partition coefficient (Wildman–Crippen LogP) is 3.92. The Labute approximate surface area is 134 Å². The first-order valence-electron chi connectivity index (χ1n) is 7.39. The van der Waals surface area contributed by atoms with E-state index in [4.69, 9.17) is 0 Å². The molecule has 21 heavy (non-hydrogen) atoms. The van der Waals surface area contributed by atoms with Crippen LogP contribution in [0, 0.1) is 0 Å². The summed E-state index contributed by atoms with van der Waals surface area (Å²) in [5.41, 5.74) is 1.38. The molecule has 0 aliphatic carbocycles. The lowest BCUT2D eigenvalue weighted by Gasteiger charge is -2.25. The van der Waals surface area contributed by atoms with Gasteiger partial charge in [0.1, 0.15) is 10.4 Å². The van der Waals surface area contributed by atoms with E-state index in [-0.39, 0.29) is 0 Å². The van der Waals surface area contributed by atoms with Crippen LogP contribution in [0.25, 0.3) is 0 Å². The lowest BCUT2D eigenvalue weighted by atomic mass is 10.1. The van der Waals surface area contributed by atoms with E-state index in [1.165, 1.54) is 5.56 Å². The Kier molecular flexibility index (Phi) is 4.56. The smallest absolute Gasteiger partial charge is 0.127 e. The van der Waals surface area contributed by atoms with Crippen LogP contribution in [0.5, 0.6) is 0 Å². The molecule has 0 amide bonds. The molecule has 2 heterocycles. The molecule has 2 unspecified atom stereocenters. The van der Waals surface area contributed by atoms with Gasteiger partial charge in [-0.3, -0.25) is 4.90 Å². The molecule has 1 aromatic carbocycles. The number of benzene rings is 1. The minimum Gasteiger partial charge on any atom is -0.366 e. The van der Waals surface area contributed by atoms with Crippen molar-refractivity contribution in [2.45, 2.75) is 32.0 Å². The molecule has 2 aromatic rings. The van der Waals surface area contributed by atoms with Crippen molar-refractivity contribution in [1.29, 1.82) is 0 Å². The van der Waals surface area contributed by atoms with Gasteiger partial charge in [-0.05, 0) is 47.0 Å². The quantitative estimate of drug-likeness (QED) is 0.851. The van der Waals surface area contributed by atoms with Crippen molar-refractivity contribution < 1.29 is 0 Å². The first-order valence-corrected chi connectivity index (χ1v) is 8.19. The van der Waals surface area contributed by atoms with Crippen LogP contribution in [0.3, 0.4) is 0 Å². The molecule has 4 heteroatoms. The second-order valence-corrected chi connectivity index (χ2v) is 6.39. The van der Waals surface area contributed by atoms with Crippen molar-refractivity contribution in [3.63, 3.8) is 0 Å². The molecular weight excluding hydrogens is 326 g/mol. The highest BCUT2D eigenvalue weighted by Crippen LogP contribution is 2.23. The zero-order chi connectivity index (χ0) is 14.7. The maximum atomic E-state index is 4.47. The minimum atomic E-state index is 0.454. The number of likely N-dealkylation sites (tertiary alicyclic amines) is 1. The summed E-state index contributed by atoms with van der Waals surface area (Å²) in [6.45, 7) is 4.44. The highest BCUT2D eigenvalue weighted by atomic mass is 79.9. The van der Waals surface area contributed by atoms with Crippen molar-refractivity contribution in [2.75, 3.05) is 11.9 Å². The number of anilines is 1. The zero-order valence-corrected chi connectivity index (χ0v) is 13.8. The van der Waals surface area contributed by atoms with Crippen LogP contribution in [0.2, 0.25) is 0 Å². The number of pyridine rings is 1. The summed E-state index contributed by atoms with van der Waals surface area (Å²) < 4.78 is 0.874. The van der Waals surface area contributed by atoms with Gasteiger partial charge in [-0.1, -0.05) is 36.4 Å². The monoisotopic (exact) mass is 345 g/mol. The summed E-state index contributed by atoms with van der Waals surface area (Å²) in [5, 5.41) is 3.56. The van der Waals surface area contributed by atoms with E-state index in [9.17, 15) is 0 Å². The topological polar surface area (TPSA) is 28.2 Å². The van der Waals surface area contributed by atoms with E-state index >= 15 is 0 Å². The van der Waals surface area contributed by atoms with Crippen molar-refractivity contribution in [3.8, 4) is 0 Å². The van der Waals surface area contributed by atoms with Gasteiger partial charge in [0, 0.05) is 25.2 Å². The largest absolute Gasteiger partial charge is 0.366 e. The molecule has 2 atom stereocenters. The molecular formula is C17H20BrN3. The fourth-order valence-electron chi connectivity index (χ4n) is 2.92. The Hall–Kier alpha value is -1.39. The highest BCUT2D eigenvalue weighted by molar-refractivity contribution is 9.10. The minimum absolute atomic E-state index is 0.454. The molecule has 0 saturated carbocycles. The predicted molar refractivity (Wildman–Crippen MR) is 90.3 cm³/mol. The molecule has 1 aromatic heterocycles. The van der Waals surface area contributed by atoms with Gasteiger partial charge in [0.2, 0.25) is 0 Å². The summed E-state index contributed by atoms with van der Waals surface area (Å²) in [7, 11) is 0. The second-order valence-electron chi connectivity index (χ2n) is 5.58. The Morgan fingerprint density at radius 3 is 2.76 bits per heavy atom. The molecule has 0 bridgehead atoms. The number of aromatic nitrogens is 1. The zero-order valence-electron chi connectivity index (χ0n) is 12.2. The molecule has 0 radical (unpaired) electrons. The summed E-state index contributed by atoms with van der Waals surface area (Å²) in [6, 6.07) is 17.6. The van der Waals surface area contributed by atoms with E-state index in [0.717, 1.165) is 29.9 Å². The summed E-state index contributed by atoms with van der Waals surface area (Å²) in [6.07, 6.45) is 1.15. The van der Waals surface area contributed by atoms with E-state index in [2.05, 4.69) is 68.4 Å². The Balaban J connectivity index is 1.62. The average molecular weight is 346 g/mol. The van der Waals surface area contributed by atoms with Crippen molar-refractivity contribution >= 4 is 21.7 Å². The third kappa shape index (κ3) is 3.63. The van der Waals surface area contributed by atoms with Gasteiger partial charge in [0.05, 0.1) is 0 Å². The Bertz CT molecular complexity index is 588. The molecule has 3 nitrogen and oxygen atoms in total. The van der Waals surface area contributed by atoms with Gasteiger partial charge >= 0.3 is 0 Å². The normalized spacial score (nSPS) is 22.4. The molecule has 0 spiro atoms. The van der Waals surface area contributed by atoms with Gasteiger partial charge in [-0.2, -0.15) is 0 Å². The average Bonchev–Trinajstić information content (AvgIpc) is 2.82. The van der Waals surface area contributed by atoms with Gasteiger partial charge in [-0.25, -0.2) is 4.98 Å². The number of hydrogen-bond donors (Lipinski definition) is 1.